The van der Waals surface area contributed by atoms with Crippen LogP contribution in [0.2, 0.25) is 0 Å². The summed E-state index contributed by atoms with van der Waals surface area (Å²) in [6.07, 6.45) is 6.67. The highest BCUT2D eigenvalue weighted by molar-refractivity contribution is 5.96. The fraction of sp³-hybridized carbons (Fsp3) is 0.167. The molecule has 2 N–H and O–H groups in total. The molecule has 0 unspecified atom stereocenters. The molecule has 0 aliphatic heterocycles. The maximum Gasteiger partial charge on any atom is 0.0726 e. The number of para-hydroxylation sites is 2. The highest BCUT2D eigenvalue weighted by atomic mass is 14.9. The van der Waals surface area contributed by atoms with Crippen LogP contribution in [0.3, 0.4) is 0 Å². The molecule has 4 nitrogen and oxygen atoms in total. The fourth-order valence-corrected chi connectivity index (χ4v) is 6.49. The SMILES string of the molecule is c1ccc2c(Nc3ccc(-c4ccc(Nc5c6c(nc7ccccc57)CCC6)cc4)cc3)c3c(nc2c1)CCC3. The van der Waals surface area contributed by atoms with Gasteiger partial charge in [-0.05, 0) is 97.2 Å². The van der Waals surface area contributed by atoms with Gasteiger partial charge in [-0.25, -0.2) is 0 Å². The molecule has 2 aromatic heterocycles. The van der Waals surface area contributed by atoms with Crippen LogP contribution in [0.4, 0.5) is 22.7 Å². The Labute approximate surface area is 234 Å². The number of fused-ring (bicyclic) bond motifs is 4. The number of nitrogens with zero attached hydrogens (tertiary/aromatic N) is 2. The molecule has 0 atom stereocenters. The van der Waals surface area contributed by atoms with E-state index in [1.807, 2.05) is 0 Å². The second-order valence-electron chi connectivity index (χ2n) is 11.0. The van der Waals surface area contributed by atoms with E-state index in [9.17, 15) is 0 Å². The van der Waals surface area contributed by atoms with Crippen molar-refractivity contribution in [2.75, 3.05) is 10.6 Å². The number of anilines is 4. The van der Waals surface area contributed by atoms with E-state index in [0.717, 1.165) is 48.1 Å². The predicted molar refractivity (Wildman–Crippen MR) is 166 cm³/mol. The van der Waals surface area contributed by atoms with Crippen LogP contribution in [0.1, 0.15) is 35.4 Å². The number of aromatic nitrogens is 2. The summed E-state index contributed by atoms with van der Waals surface area (Å²) >= 11 is 0. The normalized spacial score (nSPS) is 13.9. The van der Waals surface area contributed by atoms with Gasteiger partial charge in [-0.3, -0.25) is 9.97 Å². The van der Waals surface area contributed by atoms with Gasteiger partial charge in [0, 0.05) is 33.5 Å². The zero-order valence-corrected chi connectivity index (χ0v) is 22.4. The Hall–Kier alpha value is -4.70. The van der Waals surface area contributed by atoms with Gasteiger partial charge in [0.15, 0.2) is 0 Å². The van der Waals surface area contributed by atoms with Crippen LogP contribution in [0, 0.1) is 0 Å². The molecular formula is C36H30N4. The molecular weight excluding hydrogens is 488 g/mol. The first-order valence-corrected chi connectivity index (χ1v) is 14.4. The molecule has 2 heterocycles. The molecule has 0 radical (unpaired) electrons. The molecule has 2 aliphatic rings. The topological polar surface area (TPSA) is 49.8 Å². The van der Waals surface area contributed by atoms with E-state index in [0.29, 0.717) is 0 Å². The molecule has 40 heavy (non-hydrogen) atoms. The number of aryl methyl sites for hydroxylation is 2. The molecule has 0 fully saturated rings. The van der Waals surface area contributed by atoms with Crippen LogP contribution >= 0.6 is 0 Å². The van der Waals surface area contributed by atoms with Crippen molar-refractivity contribution in [3.05, 3.63) is 120 Å². The standard InChI is InChI=1S/C36H30N4/c1-3-11-31-27(7-1)35(29-9-5-13-33(29)39-31)37-25-19-15-23(16-20-25)24-17-21-26(22-18-24)38-36-28-8-2-4-12-32(28)40-34-14-6-10-30(34)36/h1-4,7-8,11-12,15-22H,5-6,9-10,13-14H2,(H,37,39)(H,38,40). The number of rotatable bonds is 5. The van der Waals surface area contributed by atoms with Crippen LogP contribution in [-0.2, 0) is 25.7 Å². The predicted octanol–water partition coefficient (Wildman–Crippen LogP) is 8.91. The summed E-state index contributed by atoms with van der Waals surface area (Å²) in [5.74, 6) is 0. The Bertz CT molecular complexity index is 1750. The minimum Gasteiger partial charge on any atom is -0.355 e. The van der Waals surface area contributed by atoms with E-state index in [1.165, 1.54) is 68.6 Å². The number of hydrogen-bond acceptors (Lipinski definition) is 4. The van der Waals surface area contributed by atoms with Crippen LogP contribution < -0.4 is 10.6 Å². The van der Waals surface area contributed by atoms with E-state index in [4.69, 9.17) is 9.97 Å². The maximum absolute atomic E-state index is 4.93. The fourth-order valence-electron chi connectivity index (χ4n) is 6.49. The molecule has 2 aliphatic carbocycles. The number of hydrogen-bond donors (Lipinski definition) is 2. The van der Waals surface area contributed by atoms with Gasteiger partial charge in [0.1, 0.15) is 0 Å². The molecule has 8 rings (SSSR count). The van der Waals surface area contributed by atoms with Gasteiger partial charge >= 0.3 is 0 Å². The lowest BCUT2D eigenvalue weighted by Crippen LogP contribution is -2.00. The lowest BCUT2D eigenvalue weighted by Gasteiger charge is -2.16. The van der Waals surface area contributed by atoms with E-state index in [2.05, 4.69) is 108 Å². The van der Waals surface area contributed by atoms with Gasteiger partial charge in [-0.15, -0.1) is 0 Å². The Morgan fingerprint density at radius 3 is 1.32 bits per heavy atom. The average molecular weight is 519 g/mol. The summed E-state index contributed by atoms with van der Waals surface area (Å²) in [5.41, 5.74) is 14.4. The third-order valence-corrected chi connectivity index (χ3v) is 8.48. The summed E-state index contributed by atoms with van der Waals surface area (Å²) in [6, 6.07) is 34.5. The summed E-state index contributed by atoms with van der Waals surface area (Å²) in [4.78, 5) is 9.86. The molecule has 4 heteroatoms. The first-order valence-electron chi connectivity index (χ1n) is 14.4. The zero-order chi connectivity index (χ0) is 26.5. The van der Waals surface area contributed by atoms with Crippen LogP contribution in [0.5, 0.6) is 0 Å². The zero-order valence-electron chi connectivity index (χ0n) is 22.4. The minimum absolute atomic E-state index is 1.07. The Morgan fingerprint density at radius 2 is 0.875 bits per heavy atom. The van der Waals surface area contributed by atoms with Crippen LogP contribution in [-0.4, -0.2) is 9.97 Å². The smallest absolute Gasteiger partial charge is 0.0726 e. The van der Waals surface area contributed by atoms with Gasteiger partial charge in [-0.2, -0.15) is 0 Å². The molecule has 4 aromatic carbocycles. The number of nitrogens with one attached hydrogen (secondary N) is 2. The molecule has 0 amide bonds. The Kier molecular flexibility index (Phi) is 5.51. The van der Waals surface area contributed by atoms with Crippen molar-refractivity contribution in [1.29, 1.82) is 0 Å². The lowest BCUT2D eigenvalue weighted by molar-refractivity contribution is 0.901. The van der Waals surface area contributed by atoms with E-state index < -0.39 is 0 Å². The molecule has 6 aromatic rings. The van der Waals surface area contributed by atoms with Crippen molar-refractivity contribution < 1.29 is 0 Å². The van der Waals surface area contributed by atoms with Crippen molar-refractivity contribution in [2.24, 2.45) is 0 Å². The summed E-state index contributed by atoms with van der Waals surface area (Å²) < 4.78 is 0. The maximum atomic E-state index is 4.93. The third-order valence-electron chi connectivity index (χ3n) is 8.48. The average Bonchev–Trinajstić information content (AvgIpc) is 3.67. The number of pyridine rings is 2. The lowest BCUT2D eigenvalue weighted by atomic mass is 10.0. The van der Waals surface area contributed by atoms with Gasteiger partial charge in [-0.1, -0.05) is 60.7 Å². The Balaban J connectivity index is 1.05. The van der Waals surface area contributed by atoms with Crippen molar-refractivity contribution in [3.63, 3.8) is 0 Å². The number of benzene rings is 4. The second-order valence-corrected chi connectivity index (χ2v) is 11.0. The quantitative estimate of drug-likeness (QED) is 0.239. The Morgan fingerprint density at radius 1 is 0.450 bits per heavy atom. The van der Waals surface area contributed by atoms with Crippen molar-refractivity contribution in [3.8, 4) is 11.1 Å². The van der Waals surface area contributed by atoms with Crippen LogP contribution in [0.25, 0.3) is 32.9 Å². The summed E-state index contributed by atoms with van der Waals surface area (Å²) in [7, 11) is 0. The van der Waals surface area contributed by atoms with Crippen molar-refractivity contribution in [1.82, 2.24) is 9.97 Å². The third kappa shape index (κ3) is 3.99. The first kappa shape index (κ1) is 23.2. The van der Waals surface area contributed by atoms with Crippen molar-refractivity contribution in [2.45, 2.75) is 38.5 Å². The monoisotopic (exact) mass is 518 g/mol. The van der Waals surface area contributed by atoms with Gasteiger partial charge in [0.25, 0.3) is 0 Å². The van der Waals surface area contributed by atoms with Gasteiger partial charge < -0.3 is 10.6 Å². The largest absolute Gasteiger partial charge is 0.355 e. The van der Waals surface area contributed by atoms with E-state index >= 15 is 0 Å². The van der Waals surface area contributed by atoms with E-state index in [-0.39, 0.29) is 0 Å². The van der Waals surface area contributed by atoms with Gasteiger partial charge in [0.2, 0.25) is 0 Å². The van der Waals surface area contributed by atoms with Crippen LogP contribution in [0.15, 0.2) is 97.1 Å². The highest BCUT2D eigenvalue weighted by Crippen LogP contribution is 2.38. The van der Waals surface area contributed by atoms with E-state index in [1.54, 1.807) is 0 Å². The second kappa shape index (κ2) is 9.49. The molecule has 0 saturated heterocycles. The molecule has 0 spiro atoms. The van der Waals surface area contributed by atoms with Crippen molar-refractivity contribution >= 4 is 44.6 Å². The highest BCUT2D eigenvalue weighted by Gasteiger charge is 2.21. The molecule has 0 bridgehead atoms. The summed E-state index contributed by atoms with van der Waals surface area (Å²) in [6.45, 7) is 0. The molecule has 194 valence electrons. The minimum atomic E-state index is 1.07. The molecule has 0 saturated carbocycles. The summed E-state index contributed by atoms with van der Waals surface area (Å²) in [5, 5.41) is 9.88. The first-order chi connectivity index (χ1) is 19.8. The van der Waals surface area contributed by atoms with Gasteiger partial charge in [0.05, 0.1) is 22.4 Å².